The highest BCUT2D eigenvalue weighted by molar-refractivity contribution is 5.83. The molecule has 4 heteroatoms. The summed E-state index contributed by atoms with van der Waals surface area (Å²) in [6, 6.07) is 10.2. The fourth-order valence-corrected chi connectivity index (χ4v) is 3.59. The van der Waals surface area contributed by atoms with Gasteiger partial charge in [0.1, 0.15) is 11.5 Å². The van der Waals surface area contributed by atoms with Crippen LogP contribution in [0.1, 0.15) is 27.8 Å². The van der Waals surface area contributed by atoms with Gasteiger partial charge in [-0.1, -0.05) is 18.2 Å². The Labute approximate surface area is 142 Å². The van der Waals surface area contributed by atoms with E-state index in [1.807, 2.05) is 23.1 Å². The van der Waals surface area contributed by atoms with Crippen LogP contribution in [-0.2, 0) is 24.3 Å². The minimum Gasteiger partial charge on any atom is -0.496 e. The predicted molar refractivity (Wildman–Crippen MR) is 91.3 cm³/mol. The summed E-state index contributed by atoms with van der Waals surface area (Å²) < 4.78 is 11.4. The standard InChI is InChI=1S/C20H21NO3/c1-12-7-15-9-19(24-18(15)8-13(12)2)20(22)21-10-14-5-4-6-17(23-3)16(14)11-21/h4-8,19H,9-11H2,1-3H3. The van der Waals surface area contributed by atoms with Gasteiger partial charge in [0.05, 0.1) is 13.7 Å². The Bertz CT molecular complexity index is 797. The number of benzene rings is 2. The van der Waals surface area contributed by atoms with Crippen molar-refractivity contribution in [3.63, 3.8) is 0 Å². The first kappa shape index (κ1) is 15.1. The molecule has 2 aromatic rings. The van der Waals surface area contributed by atoms with E-state index in [-0.39, 0.29) is 5.91 Å². The normalized spacial score (nSPS) is 18.1. The molecule has 0 saturated heterocycles. The quantitative estimate of drug-likeness (QED) is 0.852. The SMILES string of the molecule is COc1cccc2c1CN(C(=O)C1Cc3cc(C)c(C)cc3O1)C2. The van der Waals surface area contributed by atoms with E-state index in [1.165, 1.54) is 11.1 Å². The van der Waals surface area contributed by atoms with Gasteiger partial charge in [-0.2, -0.15) is 0 Å². The summed E-state index contributed by atoms with van der Waals surface area (Å²) in [4.78, 5) is 14.8. The lowest BCUT2D eigenvalue weighted by Gasteiger charge is -2.19. The van der Waals surface area contributed by atoms with E-state index < -0.39 is 6.10 Å². The first-order valence-corrected chi connectivity index (χ1v) is 8.27. The molecule has 1 amide bonds. The number of nitrogens with zero attached hydrogens (tertiary/aromatic N) is 1. The maximum Gasteiger partial charge on any atom is 0.264 e. The van der Waals surface area contributed by atoms with Crippen molar-refractivity contribution in [1.82, 2.24) is 4.90 Å². The number of methoxy groups -OCH3 is 1. The zero-order chi connectivity index (χ0) is 16.8. The first-order valence-electron chi connectivity index (χ1n) is 8.27. The highest BCUT2D eigenvalue weighted by Crippen LogP contribution is 2.35. The molecule has 1 atom stereocenters. The van der Waals surface area contributed by atoms with Crippen LogP contribution >= 0.6 is 0 Å². The van der Waals surface area contributed by atoms with Crippen LogP contribution in [0, 0.1) is 13.8 Å². The smallest absolute Gasteiger partial charge is 0.264 e. The zero-order valence-electron chi connectivity index (χ0n) is 14.3. The molecule has 0 aromatic heterocycles. The third-order valence-corrected chi connectivity index (χ3v) is 5.10. The van der Waals surface area contributed by atoms with Crippen molar-refractivity contribution in [2.45, 2.75) is 39.5 Å². The van der Waals surface area contributed by atoms with Crippen molar-refractivity contribution in [2.24, 2.45) is 0 Å². The van der Waals surface area contributed by atoms with Gasteiger partial charge in [-0.25, -0.2) is 0 Å². The van der Waals surface area contributed by atoms with Gasteiger partial charge in [0.25, 0.3) is 5.91 Å². The van der Waals surface area contributed by atoms with Gasteiger partial charge in [-0.05, 0) is 48.2 Å². The number of hydrogen-bond donors (Lipinski definition) is 0. The van der Waals surface area contributed by atoms with E-state index in [0.717, 1.165) is 28.2 Å². The van der Waals surface area contributed by atoms with Crippen molar-refractivity contribution in [3.8, 4) is 11.5 Å². The number of rotatable bonds is 2. The number of carbonyl (C=O) groups is 1. The predicted octanol–water partition coefficient (Wildman–Crippen LogP) is 3.16. The Morgan fingerprint density at radius 3 is 2.75 bits per heavy atom. The van der Waals surface area contributed by atoms with Gasteiger partial charge in [-0.15, -0.1) is 0 Å². The number of ether oxygens (including phenoxy) is 2. The molecule has 24 heavy (non-hydrogen) atoms. The zero-order valence-corrected chi connectivity index (χ0v) is 14.3. The lowest BCUT2D eigenvalue weighted by molar-refractivity contribution is -0.138. The molecule has 0 radical (unpaired) electrons. The molecule has 2 aliphatic heterocycles. The molecule has 2 aromatic carbocycles. The average molecular weight is 323 g/mol. The topological polar surface area (TPSA) is 38.8 Å². The molecular formula is C20H21NO3. The van der Waals surface area contributed by atoms with Crippen molar-refractivity contribution < 1.29 is 14.3 Å². The third-order valence-electron chi connectivity index (χ3n) is 5.10. The summed E-state index contributed by atoms with van der Waals surface area (Å²) >= 11 is 0. The van der Waals surface area contributed by atoms with E-state index >= 15 is 0 Å². The van der Waals surface area contributed by atoms with E-state index in [1.54, 1.807) is 7.11 Å². The second kappa shape index (κ2) is 5.55. The summed E-state index contributed by atoms with van der Waals surface area (Å²) in [5.41, 5.74) is 5.83. The Balaban J connectivity index is 1.53. The first-order chi connectivity index (χ1) is 11.6. The van der Waals surface area contributed by atoms with Crippen LogP contribution in [-0.4, -0.2) is 24.0 Å². The molecule has 0 bridgehead atoms. The summed E-state index contributed by atoms with van der Waals surface area (Å²) in [6.45, 7) is 5.37. The maximum atomic E-state index is 12.9. The van der Waals surface area contributed by atoms with Crippen LogP contribution in [0.2, 0.25) is 0 Å². The van der Waals surface area contributed by atoms with Crippen molar-refractivity contribution in [1.29, 1.82) is 0 Å². The van der Waals surface area contributed by atoms with E-state index in [0.29, 0.717) is 19.5 Å². The lowest BCUT2D eigenvalue weighted by Crippen LogP contribution is -2.38. The molecule has 0 fully saturated rings. The fourth-order valence-electron chi connectivity index (χ4n) is 3.59. The summed E-state index contributed by atoms with van der Waals surface area (Å²) in [5, 5.41) is 0. The fraction of sp³-hybridized carbons (Fsp3) is 0.350. The monoisotopic (exact) mass is 323 g/mol. The second-order valence-electron chi connectivity index (χ2n) is 6.65. The van der Waals surface area contributed by atoms with Gasteiger partial charge in [-0.3, -0.25) is 4.79 Å². The van der Waals surface area contributed by atoms with E-state index in [9.17, 15) is 4.79 Å². The molecular weight excluding hydrogens is 302 g/mol. The Morgan fingerprint density at radius 1 is 1.17 bits per heavy atom. The molecule has 0 spiro atoms. The highest BCUT2D eigenvalue weighted by Gasteiger charge is 2.35. The van der Waals surface area contributed by atoms with E-state index in [2.05, 4.69) is 26.0 Å². The lowest BCUT2D eigenvalue weighted by atomic mass is 10.0. The van der Waals surface area contributed by atoms with Gasteiger partial charge in [0.15, 0.2) is 6.10 Å². The molecule has 2 aliphatic rings. The Hall–Kier alpha value is -2.49. The number of carbonyl (C=O) groups excluding carboxylic acids is 1. The van der Waals surface area contributed by atoms with Crippen molar-refractivity contribution >= 4 is 5.91 Å². The summed E-state index contributed by atoms with van der Waals surface area (Å²) in [5.74, 6) is 1.76. The molecule has 0 saturated carbocycles. The second-order valence-corrected chi connectivity index (χ2v) is 6.65. The van der Waals surface area contributed by atoms with Crippen LogP contribution in [0.25, 0.3) is 0 Å². The minimum absolute atomic E-state index is 0.0553. The van der Waals surface area contributed by atoms with Crippen LogP contribution in [0.15, 0.2) is 30.3 Å². The van der Waals surface area contributed by atoms with Gasteiger partial charge < -0.3 is 14.4 Å². The van der Waals surface area contributed by atoms with Crippen LogP contribution in [0.3, 0.4) is 0 Å². The molecule has 2 heterocycles. The molecule has 1 unspecified atom stereocenters. The number of aryl methyl sites for hydroxylation is 2. The summed E-state index contributed by atoms with van der Waals surface area (Å²) in [6.07, 6.45) is 0.237. The van der Waals surface area contributed by atoms with Crippen LogP contribution < -0.4 is 9.47 Å². The largest absolute Gasteiger partial charge is 0.496 e. The van der Waals surface area contributed by atoms with Crippen LogP contribution in [0.5, 0.6) is 11.5 Å². The van der Waals surface area contributed by atoms with Gasteiger partial charge in [0, 0.05) is 18.5 Å². The van der Waals surface area contributed by atoms with Crippen LogP contribution in [0.4, 0.5) is 0 Å². The van der Waals surface area contributed by atoms with Gasteiger partial charge >= 0.3 is 0 Å². The van der Waals surface area contributed by atoms with Crippen molar-refractivity contribution in [2.75, 3.05) is 7.11 Å². The molecule has 0 aliphatic carbocycles. The molecule has 4 nitrogen and oxygen atoms in total. The van der Waals surface area contributed by atoms with Gasteiger partial charge in [0.2, 0.25) is 0 Å². The average Bonchev–Trinajstić information content (AvgIpc) is 3.18. The number of fused-ring (bicyclic) bond motifs is 2. The number of amides is 1. The van der Waals surface area contributed by atoms with E-state index in [4.69, 9.17) is 9.47 Å². The third kappa shape index (κ3) is 2.33. The minimum atomic E-state index is -0.415. The molecule has 0 N–H and O–H groups in total. The molecule has 4 rings (SSSR count). The maximum absolute atomic E-state index is 12.9. The Morgan fingerprint density at radius 2 is 1.96 bits per heavy atom. The Kier molecular flexibility index (Phi) is 3.48. The number of hydrogen-bond acceptors (Lipinski definition) is 3. The summed E-state index contributed by atoms with van der Waals surface area (Å²) in [7, 11) is 1.67. The molecule has 124 valence electrons. The van der Waals surface area contributed by atoms with Crippen molar-refractivity contribution in [3.05, 3.63) is 58.1 Å². The highest BCUT2D eigenvalue weighted by atomic mass is 16.5.